The van der Waals surface area contributed by atoms with Crippen LogP contribution in [-0.2, 0) is 9.49 Å². The summed E-state index contributed by atoms with van der Waals surface area (Å²) in [6.45, 7) is 0.956. The van der Waals surface area contributed by atoms with Gasteiger partial charge in [0.05, 0.1) is 0 Å². The molecular formula is C22H37FIOS-. The van der Waals surface area contributed by atoms with Gasteiger partial charge in [0, 0.05) is 0 Å². The van der Waals surface area contributed by atoms with Crippen LogP contribution in [-0.4, -0.2) is 23.0 Å². The van der Waals surface area contributed by atoms with Crippen LogP contribution >= 0.6 is 11.8 Å². The summed E-state index contributed by atoms with van der Waals surface area (Å²) in [5.74, 6) is 2.43. The minimum atomic E-state index is -0.0437. The maximum absolute atomic E-state index is 13.5. The Bertz CT molecular complexity index is 430. The molecule has 1 aromatic rings. The van der Waals surface area contributed by atoms with Crippen molar-refractivity contribution in [2.45, 2.75) is 77.0 Å². The molecule has 152 valence electrons. The molecule has 0 amide bonds. The first kappa shape index (κ1) is 24.2. The second kappa shape index (κ2) is 18.5. The maximum atomic E-state index is 13.5. The van der Waals surface area contributed by atoms with E-state index in [4.69, 9.17) is 3.07 Å². The molecule has 0 aliphatic heterocycles. The van der Waals surface area contributed by atoms with Crippen LogP contribution in [0.15, 0.2) is 24.3 Å². The van der Waals surface area contributed by atoms with Crippen LogP contribution in [0.1, 0.15) is 76.2 Å². The molecule has 1 nitrogen and oxygen atoms in total. The number of benzene rings is 1. The third kappa shape index (κ3) is 14.3. The van der Waals surface area contributed by atoms with E-state index >= 15 is 0 Å². The fraction of sp³-hybridized carbons (Fsp3) is 0.727. The van der Waals surface area contributed by atoms with Gasteiger partial charge in [0.25, 0.3) is 0 Å². The van der Waals surface area contributed by atoms with Gasteiger partial charge in [-0.25, -0.2) is 4.39 Å². The van der Waals surface area contributed by atoms with Gasteiger partial charge in [-0.05, 0) is 24.5 Å². The first-order valence-corrected chi connectivity index (χ1v) is 14.5. The molecular weight excluding hydrogens is 458 g/mol. The van der Waals surface area contributed by atoms with Gasteiger partial charge in [0.1, 0.15) is 5.82 Å². The normalized spacial score (nSPS) is 11.3. The zero-order chi connectivity index (χ0) is 18.7. The molecule has 0 radical (unpaired) electrons. The summed E-state index contributed by atoms with van der Waals surface area (Å²) < 4.78 is 18.9. The molecule has 0 saturated heterocycles. The Morgan fingerprint density at radius 1 is 0.808 bits per heavy atom. The summed E-state index contributed by atoms with van der Waals surface area (Å²) in [5, 5.41) is 0. The molecule has 4 heteroatoms. The van der Waals surface area contributed by atoms with Gasteiger partial charge in [0.2, 0.25) is 0 Å². The number of halogens is 2. The van der Waals surface area contributed by atoms with Crippen LogP contribution in [0.2, 0.25) is 0 Å². The van der Waals surface area contributed by atoms with E-state index in [2.05, 4.69) is 4.93 Å². The summed E-state index contributed by atoms with van der Waals surface area (Å²) >= 11 is 2.07. The van der Waals surface area contributed by atoms with Crippen molar-refractivity contribution < 1.29 is 29.1 Å². The molecule has 26 heavy (non-hydrogen) atoms. The topological polar surface area (TPSA) is 9.23 Å². The number of thioether (sulfide) groups is 1. The monoisotopic (exact) mass is 495 g/mol. The van der Waals surface area contributed by atoms with Gasteiger partial charge in [-0.2, -0.15) is 0 Å². The Labute approximate surface area is 176 Å². The van der Waals surface area contributed by atoms with E-state index in [0.29, 0.717) is 0 Å². The van der Waals surface area contributed by atoms with E-state index in [1.54, 1.807) is 12.1 Å². The quantitative estimate of drug-likeness (QED) is 0.173. The van der Waals surface area contributed by atoms with Gasteiger partial charge in [-0.3, -0.25) is 0 Å². The van der Waals surface area contributed by atoms with Crippen molar-refractivity contribution in [3.05, 3.63) is 35.6 Å². The zero-order valence-electron chi connectivity index (χ0n) is 16.5. The minimum absolute atomic E-state index is 0.0242. The minimum Gasteiger partial charge on any atom is -0.207 e. The van der Waals surface area contributed by atoms with E-state index in [0.717, 1.165) is 25.0 Å². The molecule has 1 rings (SSSR count). The zero-order valence-corrected chi connectivity index (χ0v) is 19.5. The Hall–Kier alpha value is 0.190. The van der Waals surface area contributed by atoms with Crippen molar-refractivity contribution in [1.29, 1.82) is 0 Å². The van der Waals surface area contributed by atoms with Crippen LogP contribution < -0.4 is 21.6 Å². The fourth-order valence-corrected chi connectivity index (χ4v) is 4.85. The standard InChI is InChI=1S/C22H37FIOS/c1-24-25-18-20-26-19-14-10-8-6-4-2-3-5-7-9-11-15-21-16-12-13-17-22(21)23/h12-13,16-17H,2-11,14-15,18-20H2,1H3/q-1. The SMILES string of the molecule is C[I-]OCCSCCCCCCCCCCCCCc1ccccc1F. The summed E-state index contributed by atoms with van der Waals surface area (Å²) in [6, 6.07) is 7.18. The van der Waals surface area contributed by atoms with Crippen molar-refractivity contribution in [2.24, 2.45) is 0 Å². The summed E-state index contributed by atoms with van der Waals surface area (Å²) in [6.07, 6.45) is 15.6. The first-order chi connectivity index (χ1) is 12.8. The van der Waals surface area contributed by atoms with Gasteiger partial charge in [-0.15, -0.1) is 0 Å². The fourth-order valence-electron chi connectivity index (χ4n) is 3.08. The molecule has 0 heterocycles. The van der Waals surface area contributed by atoms with E-state index in [1.165, 1.54) is 75.7 Å². The molecule has 0 unspecified atom stereocenters. The van der Waals surface area contributed by atoms with E-state index in [9.17, 15) is 4.39 Å². The second-order valence-corrected chi connectivity index (χ2v) is 9.54. The smallest absolute Gasteiger partial charge is 0.207 e. The molecule has 1 aromatic carbocycles. The molecule has 0 fully saturated rings. The number of hydrogen-bond donors (Lipinski definition) is 0. The Morgan fingerprint density at radius 2 is 1.38 bits per heavy atom. The molecule has 0 aromatic heterocycles. The first-order valence-electron chi connectivity index (χ1n) is 10.3. The molecule has 0 spiro atoms. The van der Waals surface area contributed by atoms with Crippen LogP contribution in [0.4, 0.5) is 4.39 Å². The number of rotatable bonds is 18. The molecule has 0 aliphatic rings. The van der Waals surface area contributed by atoms with Crippen molar-refractivity contribution in [3.8, 4) is 0 Å². The average Bonchev–Trinajstić information content (AvgIpc) is 2.65. The van der Waals surface area contributed by atoms with Crippen molar-refractivity contribution in [3.63, 3.8) is 0 Å². The molecule has 0 saturated carbocycles. The Kier molecular flexibility index (Phi) is 17.3. The van der Waals surface area contributed by atoms with Crippen LogP contribution in [0.25, 0.3) is 0 Å². The predicted octanol–water partition coefficient (Wildman–Crippen LogP) is 4.04. The molecule has 0 atom stereocenters. The molecule has 0 bridgehead atoms. The van der Waals surface area contributed by atoms with Crippen molar-refractivity contribution >= 4 is 11.8 Å². The van der Waals surface area contributed by atoms with Crippen molar-refractivity contribution in [2.75, 3.05) is 23.0 Å². The van der Waals surface area contributed by atoms with Crippen molar-refractivity contribution in [1.82, 2.24) is 0 Å². The number of hydrogen-bond acceptors (Lipinski definition) is 2. The van der Waals surface area contributed by atoms with Gasteiger partial charge in [-0.1, -0.05) is 37.5 Å². The van der Waals surface area contributed by atoms with E-state index in [-0.39, 0.29) is 27.4 Å². The third-order valence-corrected chi connectivity index (χ3v) is 6.70. The van der Waals surface area contributed by atoms with Gasteiger partial charge in [0.15, 0.2) is 0 Å². The Balaban J connectivity index is 1.74. The predicted molar refractivity (Wildman–Crippen MR) is 110 cm³/mol. The van der Waals surface area contributed by atoms with Crippen LogP contribution in [0.3, 0.4) is 0 Å². The second-order valence-electron chi connectivity index (χ2n) is 6.81. The van der Waals surface area contributed by atoms with Crippen LogP contribution in [0.5, 0.6) is 0 Å². The average molecular weight is 496 g/mol. The Morgan fingerprint density at radius 3 is 2.00 bits per heavy atom. The van der Waals surface area contributed by atoms with E-state index < -0.39 is 0 Å². The molecule has 0 N–H and O–H groups in total. The number of aryl methyl sites for hydroxylation is 1. The van der Waals surface area contributed by atoms with Gasteiger partial charge >= 0.3 is 104 Å². The number of unbranched alkanes of at least 4 members (excludes halogenated alkanes) is 10. The summed E-state index contributed by atoms with van der Waals surface area (Å²) in [5.41, 5.74) is 0.876. The summed E-state index contributed by atoms with van der Waals surface area (Å²) in [7, 11) is 0. The summed E-state index contributed by atoms with van der Waals surface area (Å²) in [4.78, 5) is 2.16. The van der Waals surface area contributed by atoms with Crippen LogP contribution in [0, 0.1) is 5.82 Å². The number of alkyl halides is 1. The van der Waals surface area contributed by atoms with Gasteiger partial charge < -0.3 is 0 Å². The van der Waals surface area contributed by atoms with E-state index in [1.807, 2.05) is 23.9 Å². The molecule has 0 aliphatic carbocycles. The third-order valence-electron chi connectivity index (χ3n) is 4.61.